The molecule has 2 atom stereocenters. The molecule has 94 valence electrons. The third-order valence-corrected chi connectivity index (χ3v) is 5.01. The third-order valence-electron chi connectivity index (χ3n) is 3.53. The van der Waals surface area contributed by atoms with Crippen molar-refractivity contribution in [2.24, 2.45) is 5.73 Å². The van der Waals surface area contributed by atoms with Gasteiger partial charge in [-0.15, -0.1) is 0 Å². The van der Waals surface area contributed by atoms with Crippen molar-refractivity contribution in [3.05, 3.63) is 30.1 Å². The topological polar surface area (TPSA) is 38.0 Å². The van der Waals surface area contributed by atoms with Gasteiger partial charge in [0.1, 0.15) is 5.82 Å². The first-order valence-electron chi connectivity index (χ1n) is 6.02. The molecule has 0 aliphatic carbocycles. The Hall–Kier alpha value is -0.740. The summed E-state index contributed by atoms with van der Waals surface area (Å²) in [4.78, 5) is 0. The fourth-order valence-corrected chi connectivity index (χ4v) is 3.58. The molecule has 2 rings (SSSR count). The molecule has 2 unspecified atom stereocenters. The number of rotatable bonds is 3. The molecule has 1 saturated heterocycles. The molecule has 0 spiro atoms. The largest absolute Gasteiger partial charge is 0.375 e. The van der Waals surface area contributed by atoms with Crippen molar-refractivity contribution >= 4 is 17.4 Å². The second-order valence-corrected chi connectivity index (χ2v) is 6.03. The lowest BCUT2D eigenvalue weighted by Crippen LogP contribution is -2.54. The molecule has 17 heavy (non-hydrogen) atoms. The van der Waals surface area contributed by atoms with E-state index in [4.69, 9.17) is 5.73 Å². The predicted molar refractivity (Wildman–Crippen MR) is 73.0 cm³/mol. The van der Waals surface area contributed by atoms with Crippen LogP contribution in [-0.2, 0) is 0 Å². The van der Waals surface area contributed by atoms with Crippen LogP contribution in [0, 0.1) is 5.82 Å². The van der Waals surface area contributed by atoms with Gasteiger partial charge in [0.05, 0.1) is 11.2 Å². The van der Waals surface area contributed by atoms with Gasteiger partial charge in [-0.05, 0) is 30.7 Å². The highest BCUT2D eigenvalue weighted by molar-refractivity contribution is 8.00. The lowest BCUT2D eigenvalue weighted by atomic mass is 9.89. The quantitative estimate of drug-likeness (QED) is 0.871. The number of halogens is 1. The molecule has 1 fully saturated rings. The monoisotopic (exact) mass is 254 g/mol. The number of para-hydroxylation sites is 1. The van der Waals surface area contributed by atoms with Crippen LogP contribution >= 0.6 is 11.8 Å². The minimum Gasteiger partial charge on any atom is -0.375 e. The van der Waals surface area contributed by atoms with Gasteiger partial charge in [0.2, 0.25) is 0 Å². The van der Waals surface area contributed by atoms with Crippen LogP contribution in [-0.4, -0.2) is 23.1 Å². The van der Waals surface area contributed by atoms with Gasteiger partial charge in [0.25, 0.3) is 0 Å². The average molecular weight is 254 g/mol. The van der Waals surface area contributed by atoms with E-state index in [1.807, 2.05) is 17.8 Å². The van der Waals surface area contributed by atoms with E-state index < -0.39 is 0 Å². The van der Waals surface area contributed by atoms with Crippen LogP contribution in [0.25, 0.3) is 0 Å². The van der Waals surface area contributed by atoms with Crippen molar-refractivity contribution in [1.82, 2.24) is 0 Å². The SMILES string of the molecule is CC1SCCCC1(CN)Nc1ccccc1F. The maximum atomic E-state index is 13.7. The van der Waals surface area contributed by atoms with E-state index in [-0.39, 0.29) is 11.4 Å². The highest BCUT2D eigenvalue weighted by atomic mass is 32.2. The van der Waals surface area contributed by atoms with Crippen LogP contribution in [0.3, 0.4) is 0 Å². The maximum absolute atomic E-state index is 13.7. The summed E-state index contributed by atoms with van der Waals surface area (Å²) in [5.41, 5.74) is 6.32. The van der Waals surface area contributed by atoms with Crippen LogP contribution in [0.4, 0.5) is 10.1 Å². The van der Waals surface area contributed by atoms with Crippen molar-refractivity contribution in [2.45, 2.75) is 30.6 Å². The Morgan fingerprint density at radius 3 is 2.94 bits per heavy atom. The average Bonchev–Trinajstić information content (AvgIpc) is 2.35. The Morgan fingerprint density at radius 2 is 2.29 bits per heavy atom. The minimum absolute atomic E-state index is 0.175. The molecule has 1 heterocycles. The number of anilines is 1. The molecule has 0 radical (unpaired) electrons. The Labute approximate surface area is 106 Å². The van der Waals surface area contributed by atoms with E-state index in [1.54, 1.807) is 12.1 Å². The van der Waals surface area contributed by atoms with Crippen LogP contribution in [0.1, 0.15) is 19.8 Å². The number of benzene rings is 1. The summed E-state index contributed by atoms with van der Waals surface area (Å²) in [6, 6.07) is 6.80. The van der Waals surface area contributed by atoms with Gasteiger partial charge >= 0.3 is 0 Å². The third kappa shape index (κ3) is 2.58. The Morgan fingerprint density at radius 1 is 1.53 bits per heavy atom. The lowest BCUT2D eigenvalue weighted by Gasteiger charge is -2.43. The van der Waals surface area contributed by atoms with Crippen LogP contribution in [0.2, 0.25) is 0 Å². The second kappa shape index (κ2) is 5.27. The second-order valence-electron chi connectivity index (χ2n) is 4.58. The highest BCUT2D eigenvalue weighted by Gasteiger charge is 2.37. The first kappa shape index (κ1) is 12.7. The molecule has 1 aliphatic rings. The fraction of sp³-hybridized carbons (Fsp3) is 0.538. The molecule has 3 N–H and O–H groups in total. The molecule has 0 aromatic heterocycles. The van der Waals surface area contributed by atoms with Gasteiger partial charge in [-0.1, -0.05) is 19.1 Å². The zero-order valence-corrected chi connectivity index (χ0v) is 10.9. The smallest absolute Gasteiger partial charge is 0.146 e. The van der Waals surface area contributed by atoms with E-state index >= 15 is 0 Å². The molecule has 1 aromatic rings. The van der Waals surface area contributed by atoms with Gasteiger partial charge in [-0.3, -0.25) is 0 Å². The van der Waals surface area contributed by atoms with E-state index in [0.717, 1.165) is 12.8 Å². The molecular formula is C13H19FN2S. The zero-order chi connectivity index (χ0) is 12.3. The van der Waals surface area contributed by atoms with Gasteiger partial charge in [-0.2, -0.15) is 11.8 Å². The van der Waals surface area contributed by atoms with Gasteiger partial charge in [0.15, 0.2) is 0 Å². The fourth-order valence-electron chi connectivity index (χ4n) is 2.32. The standard InChI is InChI=1S/C13H19FN2S/c1-10-13(9-15,7-4-8-17-10)16-12-6-3-2-5-11(12)14/h2-3,5-6,10,16H,4,7-9,15H2,1H3. The molecule has 4 heteroatoms. The number of nitrogens with one attached hydrogen (secondary N) is 1. The number of nitrogens with two attached hydrogens (primary N) is 1. The molecule has 0 saturated carbocycles. The van der Waals surface area contributed by atoms with Crippen molar-refractivity contribution in [1.29, 1.82) is 0 Å². The molecule has 0 bridgehead atoms. The normalized spacial score (nSPS) is 29.0. The van der Waals surface area contributed by atoms with Gasteiger partial charge in [0, 0.05) is 11.8 Å². The first-order chi connectivity index (χ1) is 8.18. The molecule has 1 aromatic carbocycles. The van der Waals surface area contributed by atoms with Gasteiger partial charge in [-0.25, -0.2) is 4.39 Å². The summed E-state index contributed by atoms with van der Waals surface area (Å²) in [6.45, 7) is 2.71. The summed E-state index contributed by atoms with van der Waals surface area (Å²) < 4.78 is 13.7. The van der Waals surface area contributed by atoms with Crippen LogP contribution in [0.5, 0.6) is 0 Å². The van der Waals surface area contributed by atoms with E-state index in [0.29, 0.717) is 17.5 Å². The van der Waals surface area contributed by atoms with Gasteiger partial charge < -0.3 is 11.1 Å². The number of hydrogen-bond donors (Lipinski definition) is 2. The minimum atomic E-state index is -0.205. The molecular weight excluding hydrogens is 235 g/mol. The zero-order valence-electron chi connectivity index (χ0n) is 10.1. The van der Waals surface area contributed by atoms with Crippen molar-refractivity contribution in [3.63, 3.8) is 0 Å². The Kier molecular flexibility index (Phi) is 3.94. The van der Waals surface area contributed by atoms with Crippen LogP contribution < -0.4 is 11.1 Å². The van der Waals surface area contributed by atoms with E-state index in [2.05, 4.69) is 12.2 Å². The molecule has 0 amide bonds. The number of hydrogen-bond acceptors (Lipinski definition) is 3. The first-order valence-corrected chi connectivity index (χ1v) is 7.07. The summed E-state index contributed by atoms with van der Waals surface area (Å²) in [6.07, 6.45) is 2.14. The van der Waals surface area contributed by atoms with Crippen molar-refractivity contribution < 1.29 is 4.39 Å². The van der Waals surface area contributed by atoms with Crippen LogP contribution in [0.15, 0.2) is 24.3 Å². The summed E-state index contributed by atoms with van der Waals surface area (Å²) >= 11 is 1.91. The molecule has 1 aliphatic heterocycles. The summed E-state index contributed by atoms with van der Waals surface area (Å²) in [5.74, 6) is 0.963. The highest BCUT2D eigenvalue weighted by Crippen LogP contribution is 2.36. The predicted octanol–water partition coefficient (Wildman–Crippen LogP) is 2.85. The molecule has 2 nitrogen and oxygen atoms in total. The maximum Gasteiger partial charge on any atom is 0.146 e. The summed E-state index contributed by atoms with van der Waals surface area (Å²) in [5, 5.41) is 3.74. The Balaban J connectivity index is 2.22. The Bertz CT molecular complexity index is 385. The van der Waals surface area contributed by atoms with Crippen molar-refractivity contribution in [2.75, 3.05) is 17.6 Å². The van der Waals surface area contributed by atoms with E-state index in [9.17, 15) is 4.39 Å². The lowest BCUT2D eigenvalue weighted by molar-refractivity contribution is 0.419. The summed E-state index contributed by atoms with van der Waals surface area (Å²) in [7, 11) is 0. The number of thioether (sulfide) groups is 1. The van der Waals surface area contributed by atoms with Crippen molar-refractivity contribution in [3.8, 4) is 0 Å². The van der Waals surface area contributed by atoms with E-state index in [1.165, 1.54) is 11.8 Å².